The molecular weight excluding hydrogens is 404 g/mol. The number of halogens is 1. The average molecular weight is 421 g/mol. The van der Waals surface area contributed by atoms with E-state index < -0.39 is 11.8 Å². The van der Waals surface area contributed by atoms with Gasteiger partial charge >= 0.3 is 0 Å². The van der Waals surface area contributed by atoms with Crippen LogP contribution in [0.5, 0.6) is 5.75 Å². The fourth-order valence-electron chi connectivity index (χ4n) is 3.34. The molecule has 7 heteroatoms. The van der Waals surface area contributed by atoms with E-state index in [1.807, 2.05) is 6.92 Å². The van der Waals surface area contributed by atoms with Crippen molar-refractivity contribution >= 4 is 40.7 Å². The van der Waals surface area contributed by atoms with Crippen molar-refractivity contribution in [1.82, 2.24) is 0 Å². The van der Waals surface area contributed by atoms with Crippen LogP contribution in [-0.4, -0.2) is 24.8 Å². The molecule has 1 aliphatic heterocycles. The Balaban J connectivity index is 1.58. The molecule has 30 heavy (non-hydrogen) atoms. The van der Waals surface area contributed by atoms with Gasteiger partial charge in [0, 0.05) is 11.3 Å². The lowest BCUT2D eigenvalue weighted by Crippen LogP contribution is -2.29. The van der Waals surface area contributed by atoms with Gasteiger partial charge in [0.05, 0.1) is 28.9 Å². The first-order valence-electron chi connectivity index (χ1n) is 9.14. The third-order valence-electron chi connectivity index (χ3n) is 4.91. The van der Waals surface area contributed by atoms with Gasteiger partial charge in [0.2, 0.25) is 0 Å². The molecule has 3 aromatic rings. The number of aryl methyl sites for hydroxylation is 1. The summed E-state index contributed by atoms with van der Waals surface area (Å²) in [5, 5.41) is 2.93. The summed E-state index contributed by atoms with van der Waals surface area (Å²) in [5.74, 6) is -0.582. The molecule has 0 saturated heterocycles. The van der Waals surface area contributed by atoms with E-state index in [2.05, 4.69) is 5.32 Å². The monoisotopic (exact) mass is 420 g/mol. The van der Waals surface area contributed by atoms with Gasteiger partial charge in [-0.1, -0.05) is 29.8 Å². The van der Waals surface area contributed by atoms with Gasteiger partial charge in [-0.15, -0.1) is 0 Å². The van der Waals surface area contributed by atoms with Crippen molar-refractivity contribution < 1.29 is 19.1 Å². The van der Waals surface area contributed by atoms with Crippen LogP contribution in [0, 0.1) is 6.92 Å². The van der Waals surface area contributed by atoms with Crippen LogP contribution in [0.1, 0.15) is 36.6 Å². The van der Waals surface area contributed by atoms with Crippen molar-refractivity contribution in [3.8, 4) is 5.75 Å². The van der Waals surface area contributed by atoms with Gasteiger partial charge in [-0.3, -0.25) is 14.4 Å². The second-order valence-corrected chi connectivity index (χ2v) is 7.20. The number of amides is 3. The highest BCUT2D eigenvalue weighted by atomic mass is 35.5. The topological polar surface area (TPSA) is 75.7 Å². The minimum Gasteiger partial charge on any atom is -0.496 e. The molecular formula is C23H17ClN2O4. The van der Waals surface area contributed by atoms with Crippen LogP contribution in [0.3, 0.4) is 0 Å². The molecule has 0 unspecified atom stereocenters. The largest absolute Gasteiger partial charge is 0.496 e. The number of nitrogens with one attached hydrogen (secondary N) is 1. The molecule has 1 N–H and O–H groups in total. The zero-order valence-corrected chi connectivity index (χ0v) is 17.0. The Hall–Kier alpha value is -3.64. The number of imide groups is 1. The van der Waals surface area contributed by atoms with Crippen molar-refractivity contribution in [2.24, 2.45) is 0 Å². The third kappa shape index (κ3) is 3.31. The van der Waals surface area contributed by atoms with Gasteiger partial charge in [-0.2, -0.15) is 0 Å². The summed E-state index contributed by atoms with van der Waals surface area (Å²) in [6, 6.07) is 16.4. The lowest BCUT2D eigenvalue weighted by Gasteiger charge is -2.16. The normalized spacial score (nSPS) is 12.7. The highest BCUT2D eigenvalue weighted by Gasteiger charge is 2.37. The molecule has 150 valence electrons. The number of carbonyl (C=O) groups is 3. The molecule has 0 bridgehead atoms. The smallest absolute Gasteiger partial charge is 0.266 e. The van der Waals surface area contributed by atoms with Crippen LogP contribution in [-0.2, 0) is 0 Å². The van der Waals surface area contributed by atoms with Crippen molar-refractivity contribution in [1.29, 1.82) is 0 Å². The number of anilines is 2. The molecule has 1 aliphatic rings. The number of ether oxygens (including phenoxy) is 1. The SMILES string of the molecule is COc1cc(C(=O)Nc2ccc(N3C(=O)c4ccccc4C3=O)c(Cl)c2)ccc1C. The molecule has 0 aliphatic carbocycles. The van der Waals surface area contributed by atoms with Gasteiger partial charge in [-0.05, 0) is 55.0 Å². The lowest BCUT2D eigenvalue weighted by atomic mass is 10.1. The molecule has 1 heterocycles. The summed E-state index contributed by atoms with van der Waals surface area (Å²) < 4.78 is 5.25. The summed E-state index contributed by atoms with van der Waals surface area (Å²) in [7, 11) is 1.54. The maximum Gasteiger partial charge on any atom is 0.266 e. The first-order valence-corrected chi connectivity index (χ1v) is 9.52. The Kier molecular flexibility index (Phi) is 5.01. The van der Waals surface area contributed by atoms with Crippen molar-refractivity contribution in [2.45, 2.75) is 6.92 Å². The van der Waals surface area contributed by atoms with E-state index >= 15 is 0 Å². The standard InChI is InChI=1S/C23H17ClN2O4/c1-13-7-8-14(11-20(13)30-2)21(27)25-15-9-10-19(18(24)12-15)26-22(28)16-5-3-4-6-17(16)23(26)29/h3-12H,1-2H3,(H,25,27). The Morgan fingerprint density at radius 2 is 1.63 bits per heavy atom. The fraction of sp³-hybridized carbons (Fsp3) is 0.0870. The predicted molar refractivity (Wildman–Crippen MR) is 115 cm³/mol. The van der Waals surface area contributed by atoms with Crippen LogP contribution < -0.4 is 15.0 Å². The zero-order valence-electron chi connectivity index (χ0n) is 16.2. The molecule has 0 fully saturated rings. The van der Waals surface area contributed by atoms with Gasteiger partial charge in [0.15, 0.2) is 0 Å². The predicted octanol–water partition coefficient (Wildman–Crippen LogP) is 4.71. The molecule has 0 radical (unpaired) electrons. The molecule has 3 amide bonds. The number of benzene rings is 3. The van der Waals surface area contributed by atoms with Gasteiger partial charge in [0.25, 0.3) is 17.7 Å². The first-order chi connectivity index (χ1) is 14.4. The van der Waals surface area contributed by atoms with Gasteiger partial charge < -0.3 is 10.1 Å². The summed E-state index contributed by atoms with van der Waals surface area (Å²) in [5.41, 5.74) is 2.72. The Morgan fingerprint density at radius 3 is 2.23 bits per heavy atom. The van der Waals surface area contributed by atoms with Crippen LogP contribution in [0.15, 0.2) is 60.7 Å². The minimum absolute atomic E-state index is 0.170. The number of fused-ring (bicyclic) bond motifs is 1. The molecule has 0 spiro atoms. The van der Waals surface area contributed by atoms with Crippen LogP contribution in [0.2, 0.25) is 5.02 Å². The number of hydrogen-bond donors (Lipinski definition) is 1. The number of nitrogens with zero attached hydrogens (tertiary/aromatic N) is 1. The number of methoxy groups -OCH3 is 1. The fourth-order valence-corrected chi connectivity index (χ4v) is 3.60. The minimum atomic E-state index is -0.430. The van der Waals surface area contributed by atoms with E-state index in [-0.39, 0.29) is 16.6 Å². The summed E-state index contributed by atoms with van der Waals surface area (Å²) in [6.07, 6.45) is 0. The summed E-state index contributed by atoms with van der Waals surface area (Å²) in [6.45, 7) is 1.89. The first kappa shape index (κ1) is 19.7. The molecule has 6 nitrogen and oxygen atoms in total. The van der Waals surface area contributed by atoms with E-state index in [4.69, 9.17) is 16.3 Å². The van der Waals surface area contributed by atoms with E-state index in [1.165, 1.54) is 12.1 Å². The van der Waals surface area contributed by atoms with Crippen molar-refractivity contribution in [2.75, 3.05) is 17.3 Å². The Morgan fingerprint density at radius 1 is 0.967 bits per heavy atom. The van der Waals surface area contributed by atoms with Gasteiger partial charge in [-0.25, -0.2) is 4.90 Å². The molecule has 0 atom stereocenters. The van der Waals surface area contributed by atoms with Crippen molar-refractivity contribution in [3.05, 3.63) is 87.9 Å². The quantitative estimate of drug-likeness (QED) is 0.620. The highest BCUT2D eigenvalue weighted by Crippen LogP contribution is 2.35. The second kappa shape index (κ2) is 7.65. The number of rotatable bonds is 4. The molecule has 0 saturated carbocycles. The maximum absolute atomic E-state index is 12.7. The van der Waals surface area contributed by atoms with Crippen LogP contribution >= 0.6 is 11.6 Å². The van der Waals surface area contributed by atoms with Crippen molar-refractivity contribution in [3.63, 3.8) is 0 Å². The number of hydrogen-bond acceptors (Lipinski definition) is 4. The van der Waals surface area contributed by atoms with E-state index in [1.54, 1.807) is 55.6 Å². The zero-order chi connectivity index (χ0) is 21.4. The maximum atomic E-state index is 12.7. The lowest BCUT2D eigenvalue weighted by molar-refractivity contribution is 0.0924. The van der Waals surface area contributed by atoms with E-state index in [0.29, 0.717) is 28.1 Å². The third-order valence-corrected chi connectivity index (χ3v) is 5.21. The van der Waals surface area contributed by atoms with Crippen LogP contribution in [0.25, 0.3) is 0 Å². The average Bonchev–Trinajstić information content (AvgIpc) is 2.99. The Bertz CT molecular complexity index is 1170. The molecule has 4 rings (SSSR count). The molecule has 3 aromatic carbocycles. The van der Waals surface area contributed by atoms with E-state index in [9.17, 15) is 14.4 Å². The van der Waals surface area contributed by atoms with E-state index in [0.717, 1.165) is 10.5 Å². The number of carbonyl (C=O) groups excluding carboxylic acids is 3. The van der Waals surface area contributed by atoms with Gasteiger partial charge in [0.1, 0.15) is 5.75 Å². The summed E-state index contributed by atoms with van der Waals surface area (Å²) >= 11 is 6.36. The van der Waals surface area contributed by atoms with Crippen LogP contribution in [0.4, 0.5) is 11.4 Å². The Labute approximate surface area is 178 Å². The highest BCUT2D eigenvalue weighted by molar-refractivity contribution is 6.40. The second-order valence-electron chi connectivity index (χ2n) is 6.80. The molecule has 0 aromatic heterocycles. The summed E-state index contributed by atoms with van der Waals surface area (Å²) in [4.78, 5) is 38.9.